The maximum absolute atomic E-state index is 12.2. The Labute approximate surface area is 119 Å². The molecular formula is C15H13F3N2O. The number of alkyl halides is 3. The van der Waals surface area contributed by atoms with Gasteiger partial charge in [-0.15, -0.1) is 0 Å². The van der Waals surface area contributed by atoms with E-state index in [9.17, 15) is 18.0 Å². The molecule has 0 atom stereocenters. The van der Waals surface area contributed by atoms with E-state index in [0.717, 1.165) is 5.69 Å². The molecule has 0 aliphatic rings. The van der Waals surface area contributed by atoms with Crippen molar-refractivity contribution in [2.45, 2.75) is 12.6 Å². The zero-order valence-electron chi connectivity index (χ0n) is 10.9. The summed E-state index contributed by atoms with van der Waals surface area (Å²) >= 11 is 0. The highest BCUT2D eigenvalue weighted by molar-refractivity contribution is 5.95. The molecule has 0 saturated heterocycles. The van der Waals surface area contributed by atoms with Crippen LogP contribution in [0.1, 0.15) is 6.42 Å². The van der Waals surface area contributed by atoms with E-state index in [-0.39, 0.29) is 0 Å². The number of anilines is 3. The molecule has 2 aromatic carbocycles. The van der Waals surface area contributed by atoms with Gasteiger partial charge in [0, 0.05) is 5.69 Å². The molecule has 0 bridgehead atoms. The van der Waals surface area contributed by atoms with Gasteiger partial charge in [0.05, 0.1) is 11.4 Å². The lowest BCUT2D eigenvalue weighted by Crippen LogP contribution is -2.21. The minimum absolute atomic E-state index is 0.301. The Hall–Kier alpha value is -2.50. The van der Waals surface area contributed by atoms with Gasteiger partial charge in [0.25, 0.3) is 0 Å². The van der Waals surface area contributed by atoms with Crippen molar-refractivity contribution in [1.29, 1.82) is 0 Å². The van der Waals surface area contributed by atoms with E-state index in [2.05, 4.69) is 10.6 Å². The Kier molecular flexibility index (Phi) is 4.47. The van der Waals surface area contributed by atoms with Gasteiger partial charge in [0.2, 0.25) is 5.91 Å². The second kappa shape index (κ2) is 6.30. The third-order valence-electron chi connectivity index (χ3n) is 2.61. The second-order valence-corrected chi connectivity index (χ2v) is 4.38. The maximum Gasteiger partial charge on any atom is 0.397 e. The first-order valence-corrected chi connectivity index (χ1v) is 6.22. The summed E-state index contributed by atoms with van der Waals surface area (Å²) < 4.78 is 36.5. The molecule has 0 unspecified atom stereocenters. The zero-order valence-corrected chi connectivity index (χ0v) is 10.9. The standard InChI is InChI=1S/C15H13F3N2O/c16-15(17,18)10-14(21)20-13-9-5-4-8-12(13)19-11-6-2-1-3-7-11/h1-9,19H,10H2,(H,20,21). The highest BCUT2D eigenvalue weighted by Crippen LogP contribution is 2.26. The minimum atomic E-state index is -4.52. The molecule has 2 N–H and O–H groups in total. The largest absolute Gasteiger partial charge is 0.397 e. The summed E-state index contributed by atoms with van der Waals surface area (Å²) in [5, 5.41) is 5.31. The van der Waals surface area contributed by atoms with Crippen molar-refractivity contribution in [2.24, 2.45) is 0 Å². The average Bonchev–Trinajstić information content (AvgIpc) is 2.40. The fourth-order valence-corrected chi connectivity index (χ4v) is 1.75. The first-order chi connectivity index (χ1) is 9.94. The third-order valence-corrected chi connectivity index (χ3v) is 2.61. The van der Waals surface area contributed by atoms with Crippen molar-refractivity contribution in [3.05, 3.63) is 54.6 Å². The molecule has 3 nitrogen and oxygen atoms in total. The number of carbonyl (C=O) groups excluding carboxylic acids is 1. The fraction of sp³-hybridized carbons (Fsp3) is 0.133. The highest BCUT2D eigenvalue weighted by atomic mass is 19.4. The van der Waals surface area contributed by atoms with Crippen LogP contribution < -0.4 is 10.6 Å². The summed E-state index contributed by atoms with van der Waals surface area (Å²) in [7, 11) is 0. The molecule has 6 heteroatoms. The summed E-state index contributed by atoms with van der Waals surface area (Å²) in [5.41, 5.74) is 1.60. The summed E-state index contributed by atoms with van der Waals surface area (Å²) in [6, 6.07) is 15.7. The molecule has 0 heterocycles. The van der Waals surface area contributed by atoms with Crippen LogP contribution in [-0.4, -0.2) is 12.1 Å². The van der Waals surface area contributed by atoms with Gasteiger partial charge in [0.15, 0.2) is 0 Å². The first-order valence-electron chi connectivity index (χ1n) is 6.22. The molecule has 21 heavy (non-hydrogen) atoms. The average molecular weight is 294 g/mol. The quantitative estimate of drug-likeness (QED) is 0.881. The van der Waals surface area contributed by atoms with Gasteiger partial charge in [0.1, 0.15) is 6.42 Å². The Morgan fingerprint density at radius 1 is 0.905 bits per heavy atom. The lowest BCUT2D eigenvalue weighted by Gasteiger charge is -2.13. The Morgan fingerprint density at radius 2 is 1.48 bits per heavy atom. The van der Waals surface area contributed by atoms with Crippen LogP contribution in [0, 0.1) is 0 Å². The van der Waals surface area contributed by atoms with Crippen LogP contribution in [0.15, 0.2) is 54.6 Å². The van der Waals surface area contributed by atoms with Gasteiger partial charge < -0.3 is 10.6 Å². The van der Waals surface area contributed by atoms with E-state index in [1.807, 2.05) is 30.3 Å². The fourth-order valence-electron chi connectivity index (χ4n) is 1.75. The molecule has 110 valence electrons. The van der Waals surface area contributed by atoms with Crippen molar-refractivity contribution in [3.8, 4) is 0 Å². The number of amides is 1. The number of hydrogen-bond acceptors (Lipinski definition) is 2. The van der Waals surface area contributed by atoms with Crippen LogP contribution in [-0.2, 0) is 4.79 Å². The number of nitrogens with one attached hydrogen (secondary N) is 2. The van der Waals surface area contributed by atoms with Gasteiger partial charge in [-0.3, -0.25) is 4.79 Å². The topological polar surface area (TPSA) is 41.1 Å². The number of carbonyl (C=O) groups is 1. The van der Waals surface area contributed by atoms with E-state index >= 15 is 0 Å². The molecule has 0 aromatic heterocycles. The number of hydrogen-bond donors (Lipinski definition) is 2. The highest BCUT2D eigenvalue weighted by Gasteiger charge is 2.31. The summed E-state index contributed by atoms with van der Waals surface area (Å²) in [6.07, 6.45) is -6.03. The minimum Gasteiger partial charge on any atom is -0.354 e. The maximum atomic E-state index is 12.2. The Balaban J connectivity index is 2.12. The van der Waals surface area contributed by atoms with Gasteiger partial charge in [-0.25, -0.2) is 0 Å². The van der Waals surface area contributed by atoms with Gasteiger partial charge in [-0.05, 0) is 24.3 Å². The van der Waals surface area contributed by atoms with Crippen molar-refractivity contribution in [2.75, 3.05) is 10.6 Å². The summed E-state index contributed by atoms with van der Waals surface area (Å²) in [5.74, 6) is -1.09. The van der Waals surface area contributed by atoms with Crippen molar-refractivity contribution in [3.63, 3.8) is 0 Å². The summed E-state index contributed by atoms with van der Waals surface area (Å²) in [6.45, 7) is 0. The Bertz CT molecular complexity index is 612. The molecule has 0 aliphatic heterocycles. The normalized spacial score (nSPS) is 11.0. The predicted molar refractivity (Wildman–Crippen MR) is 75.5 cm³/mol. The van der Waals surface area contributed by atoms with Crippen LogP contribution in [0.3, 0.4) is 0 Å². The number of para-hydroxylation sites is 3. The van der Waals surface area contributed by atoms with Crippen LogP contribution >= 0.6 is 0 Å². The number of rotatable bonds is 4. The lowest BCUT2D eigenvalue weighted by molar-refractivity contribution is -0.150. The smallest absolute Gasteiger partial charge is 0.354 e. The monoisotopic (exact) mass is 294 g/mol. The second-order valence-electron chi connectivity index (χ2n) is 4.38. The van der Waals surface area contributed by atoms with Crippen LogP contribution in [0.4, 0.5) is 30.2 Å². The van der Waals surface area contributed by atoms with Crippen molar-refractivity contribution < 1.29 is 18.0 Å². The first kappa shape index (κ1) is 14.9. The molecule has 2 aromatic rings. The van der Waals surface area contributed by atoms with E-state index in [4.69, 9.17) is 0 Å². The molecule has 0 aliphatic carbocycles. The Morgan fingerprint density at radius 3 is 2.10 bits per heavy atom. The lowest BCUT2D eigenvalue weighted by atomic mass is 10.2. The number of benzene rings is 2. The molecular weight excluding hydrogens is 281 g/mol. The van der Waals surface area contributed by atoms with E-state index in [1.54, 1.807) is 24.3 Å². The number of halogens is 3. The molecule has 2 rings (SSSR count). The van der Waals surface area contributed by atoms with E-state index in [0.29, 0.717) is 11.4 Å². The molecule has 0 radical (unpaired) electrons. The van der Waals surface area contributed by atoms with Crippen LogP contribution in [0.25, 0.3) is 0 Å². The van der Waals surface area contributed by atoms with Crippen molar-refractivity contribution >= 4 is 23.0 Å². The van der Waals surface area contributed by atoms with Gasteiger partial charge >= 0.3 is 6.18 Å². The molecule has 0 saturated carbocycles. The third kappa shape index (κ3) is 4.83. The molecule has 1 amide bonds. The van der Waals surface area contributed by atoms with Gasteiger partial charge in [-0.1, -0.05) is 30.3 Å². The van der Waals surface area contributed by atoms with E-state index in [1.165, 1.54) is 0 Å². The van der Waals surface area contributed by atoms with Crippen LogP contribution in [0.2, 0.25) is 0 Å². The predicted octanol–water partition coefficient (Wildman–Crippen LogP) is 4.32. The van der Waals surface area contributed by atoms with Crippen LogP contribution in [0.5, 0.6) is 0 Å². The van der Waals surface area contributed by atoms with E-state index < -0.39 is 18.5 Å². The zero-order chi connectivity index (χ0) is 15.3. The molecule has 0 fully saturated rings. The SMILES string of the molecule is O=C(CC(F)(F)F)Nc1ccccc1Nc1ccccc1. The van der Waals surface area contributed by atoms with Crippen molar-refractivity contribution in [1.82, 2.24) is 0 Å². The summed E-state index contributed by atoms with van der Waals surface area (Å²) in [4.78, 5) is 11.4. The molecule has 0 spiro atoms. The van der Waals surface area contributed by atoms with Gasteiger partial charge in [-0.2, -0.15) is 13.2 Å².